The van der Waals surface area contributed by atoms with Crippen molar-refractivity contribution in [3.63, 3.8) is 0 Å². The Hall–Kier alpha value is -1.83. The fourth-order valence-corrected chi connectivity index (χ4v) is 1.68. The van der Waals surface area contributed by atoms with E-state index in [1.165, 1.54) is 7.11 Å². The molecule has 1 rings (SSSR count). The van der Waals surface area contributed by atoms with Crippen LogP contribution in [0.3, 0.4) is 0 Å². The summed E-state index contributed by atoms with van der Waals surface area (Å²) in [5.41, 5.74) is 0. The minimum atomic E-state index is -1.11. The van der Waals surface area contributed by atoms with Gasteiger partial charge in [0.1, 0.15) is 6.04 Å². The normalized spacial score (nSPS) is 15.1. The Morgan fingerprint density at radius 3 is 2.62 bits per heavy atom. The first-order valence-corrected chi connectivity index (χ1v) is 7.08. The average molecular weight is 301 g/mol. The molecule has 0 aromatic heterocycles. The third-order valence-corrected chi connectivity index (χ3v) is 3.02. The molecule has 0 aliphatic heterocycles. The van der Waals surface area contributed by atoms with Crippen molar-refractivity contribution in [3.05, 3.63) is 0 Å². The molecule has 0 bridgehead atoms. The lowest BCUT2D eigenvalue weighted by Gasteiger charge is -2.14. The number of carboxylic acid groups (broad SMARTS) is 1. The summed E-state index contributed by atoms with van der Waals surface area (Å²) in [5.74, 6) is -1.12. The number of carbonyl (C=O) groups is 3. The molecule has 1 fully saturated rings. The van der Waals surface area contributed by atoms with E-state index in [0.29, 0.717) is 25.4 Å². The molecule has 0 aromatic rings. The molecule has 8 heteroatoms. The number of amides is 3. The van der Waals surface area contributed by atoms with Gasteiger partial charge in [0.2, 0.25) is 5.91 Å². The van der Waals surface area contributed by atoms with Gasteiger partial charge in [-0.05, 0) is 19.3 Å². The van der Waals surface area contributed by atoms with Crippen molar-refractivity contribution in [1.82, 2.24) is 16.0 Å². The maximum Gasteiger partial charge on any atom is 0.326 e. The summed E-state index contributed by atoms with van der Waals surface area (Å²) in [5, 5.41) is 16.7. The highest BCUT2D eigenvalue weighted by molar-refractivity contribution is 5.82. The fourth-order valence-electron chi connectivity index (χ4n) is 1.68. The molecular weight excluding hydrogens is 278 g/mol. The van der Waals surface area contributed by atoms with E-state index >= 15 is 0 Å². The molecule has 8 nitrogen and oxygen atoms in total. The van der Waals surface area contributed by atoms with E-state index in [1.807, 2.05) is 0 Å². The van der Waals surface area contributed by atoms with Crippen LogP contribution in [-0.4, -0.2) is 55.4 Å². The van der Waals surface area contributed by atoms with Gasteiger partial charge < -0.3 is 25.8 Å². The first kappa shape index (κ1) is 17.2. The molecule has 1 saturated carbocycles. The van der Waals surface area contributed by atoms with Crippen molar-refractivity contribution in [1.29, 1.82) is 0 Å². The highest BCUT2D eigenvalue weighted by atomic mass is 16.5. The van der Waals surface area contributed by atoms with Crippen LogP contribution in [0, 0.1) is 0 Å². The predicted molar refractivity (Wildman–Crippen MR) is 74.8 cm³/mol. The summed E-state index contributed by atoms with van der Waals surface area (Å²) in [7, 11) is 1.46. The first-order chi connectivity index (χ1) is 10.0. The summed E-state index contributed by atoms with van der Waals surface area (Å²) >= 11 is 0. The van der Waals surface area contributed by atoms with Crippen LogP contribution in [0.15, 0.2) is 0 Å². The SMILES string of the molecule is COCCC(NC(=O)NCCCC(=O)NC1CC1)C(=O)O. The summed E-state index contributed by atoms with van der Waals surface area (Å²) in [6, 6.07) is -1.20. The summed E-state index contributed by atoms with van der Waals surface area (Å²) in [6.07, 6.45) is 3.16. The molecule has 0 saturated heterocycles. The third-order valence-electron chi connectivity index (χ3n) is 3.02. The van der Waals surface area contributed by atoms with E-state index in [9.17, 15) is 14.4 Å². The van der Waals surface area contributed by atoms with Gasteiger partial charge in [-0.3, -0.25) is 4.79 Å². The maximum absolute atomic E-state index is 11.5. The first-order valence-electron chi connectivity index (χ1n) is 7.08. The van der Waals surface area contributed by atoms with Gasteiger partial charge >= 0.3 is 12.0 Å². The van der Waals surface area contributed by atoms with E-state index in [0.717, 1.165) is 12.8 Å². The summed E-state index contributed by atoms with van der Waals surface area (Å²) in [6.45, 7) is 0.569. The van der Waals surface area contributed by atoms with Crippen LogP contribution in [-0.2, 0) is 14.3 Å². The smallest absolute Gasteiger partial charge is 0.326 e. The second-order valence-corrected chi connectivity index (χ2v) is 5.02. The van der Waals surface area contributed by atoms with E-state index < -0.39 is 18.0 Å². The van der Waals surface area contributed by atoms with Crippen LogP contribution >= 0.6 is 0 Å². The van der Waals surface area contributed by atoms with Crippen LogP contribution < -0.4 is 16.0 Å². The van der Waals surface area contributed by atoms with Crippen LogP contribution in [0.5, 0.6) is 0 Å². The van der Waals surface area contributed by atoms with Crippen molar-refractivity contribution < 1.29 is 24.2 Å². The fraction of sp³-hybridized carbons (Fsp3) is 0.769. The van der Waals surface area contributed by atoms with Crippen LogP contribution in [0.2, 0.25) is 0 Å². The third kappa shape index (κ3) is 8.13. The lowest BCUT2D eigenvalue weighted by molar-refractivity contribution is -0.139. The number of methoxy groups -OCH3 is 1. The molecule has 0 aromatic carbocycles. The van der Waals surface area contributed by atoms with E-state index in [2.05, 4.69) is 16.0 Å². The summed E-state index contributed by atoms with van der Waals surface area (Å²) < 4.78 is 4.79. The molecule has 0 heterocycles. The van der Waals surface area contributed by atoms with Crippen molar-refractivity contribution in [2.75, 3.05) is 20.3 Å². The molecule has 0 radical (unpaired) electrons. The van der Waals surface area contributed by atoms with Gasteiger partial charge in [0.05, 0.1) is 0 Å². The Morgan fingerprint density at radius 1 is 1.33 bits per heavy atom. The number of urea groups is 1. The number of rotatable bonds is 10. The molecule has 120 valence electrons. The van der Waals surface area contributed by atoms with Gasteiger partial charge in [0.25, 0.3) is 0 Å². The number of hydrogen-bond donors (Lipinski definition) is 4. The van der Waals surface area contributed by atoms with Crippen LogP contribution in [0.1, 0.15) is 32.1 Å². The molecule has 1 aliphatic rings. The Kier molecular flexibility index (Phi) is 7.52. The van der Waals surface area contributed by atoms with Crippen molar-refractivity contribution in [2.45, 2.75) is 44.2 Å². The Balaban J connectivity index is 2.10. The van der Waals surface area contributed by atoms with Gasteiger partial charge in [0, 0.05) is 39.1 Å². The topological polar surface area (TPSA) is 117 Å². The van der Waals surface area contributed by atoms with Crippen molar-refractivity contribution in [3.8, 4) is 0 Å². The molecular formula is C13H23N3O5. The molecule has 1 unspecified atom stereocenters. The Morgan fingerprint density at radius 2 is 2.05 bits per heavy atom. The minimum Gasteiger partial charge on any atom is -0.480 e. The van der Waals surface area contributed by atoms with Crippen LogP contribution in [0.4, 0.5) is 4.79 Å². The zero-order valence-corrected chi connectivity index (χ0v) is 12.2. The van der Waals surface area contributed by atoms with Gasteiger partial charge in [0.15, 0.2) is 0 Å². The number of ether oxygens (including phenoxy) is 1. The number of carboxylic acids is 1. The second kappa shape index (κ2) is 9.17. The van der Waals surface area contributed by atoms with E-state index in [4.69, 9.17) is 9.84 Å². The highest BCUT2D eigenvalue weighted by Crippen LogP contribution is 2.18. The highest BCUT2D eigenvalue weighted by Gasteiger charge is 2.23. The zero-order valence-electron chi connectivity index (χ0n) is 12.2. The molecule has 0 spiro atoms. The number of aliphatic carboxylic acids is 1. The standard InChI is InChI=1S/C13H23N3O5/c1-21-8-6-10(12(18)19)16-13(20)14-7-2-3-11(17)15-9-4-5-9/h9-10H,2-8H2,1H3,(H,15,17)(H,18,19)(H2,14,16,20). The minimum absolute atomic E-state index is 0.0109. The van der Waals surface area contributed by atoms with Gasteiger partial charge in [-0.1, -0.05) is 0 Å². The van der Waals surface area contributed by atoms with Gasteiger partial charge in [-0.2, -0.15) is 0 Å². The number of hydrogen-bond acceptors (Lipinski definition) is 4. The molecule has 4 N–H and O–H groups in total. The quantitative estimate of drug-likeness (QED) is 0.418. The van der Waals surface area contributed by atoms with Gasteiger partial charge in [-0.15, -0.1) is 0 Å². The maximum atomic E-state index is 11.5. The molecule has 1 atom stereocenters. The second-order valence-electron chi connectivity index (χ2n) is 5.02. The predicted octanol–water partition coefficient (Wildman–Crippen LogP) is -0.166. The monoisotopic (exact) mass is 301 g/mol. The van der Waals surface area contributed by atoms with Crippen molar-refractivity contribution >= 4 is 17.9 Å². The van der Waals surface area contributed by atoms with Crippen LogP contribution in [0.25, 0.3) is 0 Å². The zero-order chi connectivity index (χ0) is 15.7. The average Bonchev–Trinajstić information content (AvgIpc) is 3.23. The number of nitrogens with one attached hydrogen (secondary N) is 3. The van der Waals surface area contributed by atoms with E-state index in [1.54, 1.807) is 0 Å². The Bertz CT molecular complexity index is 371. The molecule has 21 heavy (non-hydrogen) atoms. The Labute approximate surface area is 123 Å². The lowest BCUT2D eigenvalue weighted by Crippen LogP contribution is -2.46. The molecule has 1 aliphatic carbocycles. The summed E-state index contributed by atoms with van der Waals surface area (Å²) in [4.78, 5) is 33.8. The van der Waals surface area contributed by atoms with Crippen molar-refractivity contribution in [2.24, 2.45) is 0 Å². The lowest BCUT2D eigenvalue weighted by atomic mass is 10.2. The van der Waals surface area contributed by atoms with Gasteiger partial charge in [-0.25, -0.2) is 9.59 Å². The largest absolute Gasteiger partial charge is 0.480 e. The number of carbonyl (C=O) groups excluding carboxylic acids is 2. The van der Waals surface area contributed by atoms with E-state index in [-0.39, 0.29) is 18.9 Å². The molecule has 3 amide bonds.